The van der Waals surface area contributed by atoms with E-state index in [1.807, 2.05) is 54.5 Å². The van der Waals surface area contributed by atoms with Crippen LogP contribution < -0.4 is 4.90 Å². The molecule has 1 aromatic heterocycles. The van der Waals surface area contributed by atoms with Gasteiger partial charge in [-0.1, -0.05) is 29.5 Å². The maximum atomic E-state index is 12.7. The zero-order chi connectivity index (χ0) is 19.0. The van der Waals surface area contributed by atoms with Crippen LogP contribution in [0.4, 0.5) is 5.69 Å². The van der Waals surface area contributed by atoms with Crippen LogP contribution in [0.15, 0.2) is 54.7 Å². The smallest absolute Gasteiger partial charge is 0.257 e. The fourth-order valence-electron chi connectivity index (χ4n) is 3.43. The summed E-state index contributed by atoms with van der Waals surface area (Å²) in [5, 5.41) is 17.4. The molecule has 0 spiro atoms. The number of para-hydroxylation sites is 1. The number of nitrogens with zero attached hydrogens (tertiary/aromatic N) is 6. The van der Waals surface area contributed by atoms with Gasteiger partial charge in [-0.2, -0.15) is 5.26 Å². The van der Waals surface area contributed by atoms with Gasteiger partial charge in [0, 0.05) is 14.1 Å². The number of anilines is 1. The Bertz CT molecular complexity index is 1030. The second kappa shape index (κ2) is 6.57. The molecule has 27 heavy (non-hydrogen) atoms. The average Bonchev–Trinajstić information content (AvgIpc) is 3.15. The predicted molar refractivity (Wildman–Crippen MR) is 100.0 cm³/mol. The van der Waals surface area contributed by atoms with Crippen LogP contribution in [-0.4, -0.2) is 39.9 Å². The molecule has 4 rings (SSSR count). The van der Waals surface area contributed by atoms with Crippen LogP contribution in [0.2, 0.25) is 0 Å². The van der Waals surface area contributed by atoms with Crippen molar-refractivity contribution in [1.82, 2.24) is 19.9 Å². The van der Waals surface area contributed by atoms with Gasteiger partial charge in [0.2, 0.25) is 0 Å². The predicted octanol–water partition coefficient (Wildman–Crippen LogP) is 2.42. The second-order valence-corrected chi connectivity index (χ2v) is 6.57. The summed E-state index contributed by atoms with van der Waals surface area (Å²) >= 11 is 0. The highest BCUT2D eigenvalue weighted by atomic mass is 16.2. The highest BCUT2D eigenvalue weighted by Crippen LogP contribution is 2.35. The van der Waals surface area contributed by atoms with Crippen molar-refractivity contribution in [3.05, 3.63) is 77.1 Å². The van der Waals surface area contributed by atoms with E-state index in [-0.39, 0.29) is 12.1 Å². The third-order valence-electron chi connectivity index (χ3n) is 4.82. The number of hydrogen-bond donors (Lipinski definition) is 0. The van der Waals surface area contributed by atoms with Gasteiger partial charge in [0.15, 0.2) is 6.17 Å². The summed E-state index contributed by atoms with van der Waals surface area (Å²) in [5.74, 6) is -0.0321. The SMILES string of the molecule is CN1C(=O)c2ccccc2N(C)[C@@H]1c1cn(Cc2ccc(C#N)cc2)nn1. The fraction of sp³-hybridized carbons (Fsp3) is 0.200. The van der Waals surface area contributed by atoms with Gasteiger partial charge in [0.25, 0.3) is 5.91 Å². The minimum Gasteiger partial charge on any atom is -0.348 e. The zero-order valence-electron chi connectivity index (χ0n) is 15.1. The molecule has 1 amide bonds. The van der Waals surface area contributed by atoms with Crippen LogP contribution in [0.1, 0.15) is 33.3 Å². The monoisotopic (exact) mass is 358 g/mol. The molecular weight excluding hydrogens is 340 g/mol. The van der Waals surface area contributed by atoms with Crippen LogP contribution in [0.25, 0.3) is 0 Å². The second-order valence-electron chi connectivity index (χ2n) is 6.57. The normalized spacial score (nSPS) is 16.2. The first kappa shape index (κ1) is 16.8. The van der Waals surface area contributed by atoms with Crippen molar-refractivity contribution in [3.63, 3.8) is 0 Å². The Morgan fingerprint density at radius 3 is 2.56 bits per heavy atom. The van der Waals surface area contributed by atoms with Gasteiger partial charge in [0.1, 0.15) is 5.69 Å². The van der Waals surface area contributed by atoms with E-state index in [9.17, 15) is 4.79 Å². The summed E-state index contributed by atoms with van der Waals surface area (Å²) in [7, 11) is 3.73. The molecule has 1 aliphatic rings. The molecule has 0 unspecified atom stereocenters. The first-order chi connectivity index (χ1) is 13.1. The molecule has 0 fully saturated rings. The number of amides is 1. The first-order valence-electron chi connectivity index (χ1n) is 8.56. The third kappa shape index (κ3) is 2.91. The lowest BCUT2D eigenvalue weighted by Crippen LogP contribution is -2.45. The fourth-order valence-corrected chi connectivity index (χ4v) is 3.43. The molecule has 3 aromatic rings. The topological polar surface area (TPSA) is 78.0 Å². The lowest BCUT2D eigenvalue weighted by Gasteiger charge is -2.40. The van der Waals surface area contributed by atoms with E-state index in [1.54, 1.807) is 28.8 Å². The van der Waals surface area contributed by atoms with E-state index in [0.29, 0.717) is 23.4 Å². The molecule has 7 nitrogen and oxygen atoms in total. The van der Waals surface area contributed by atoms with E-state index in [2.05, 4.69) is 16.4 Å². The van der Waals surface area contributed by atoms with E-state index in [1.165, 1.54) is 0 Å². The van der Waals surface area contributed by atoms with Gasteiger partial charge in [-0.15, -0.1) is 5.10 Å². The van der Waals surface area contributed by atoms with Crippen molar-refractivity contribution in [1.29, 1.82) is 5.26 Å². The minimum atomic E-state index is -0.317. The Balaban J connectivity index is 1.61. The van der Waals surface area contributed by atoms with Crippen LogP contribution >= 0.6 is 0 Å². The van der Waals surface area contributed by atoms with Crippen LogP contribution in [0, 0.1) is 11.3 Å². The van der Waals surface area contributed by atoms with E-state index in [4.69, 9.17) is 5.26 Å². The minimum absolute atomic E-state index is 0.0321. The van der Waals surface area contributed by atoms with Crippen molar-refractivity contribution in [3.8, 4) is 6.07 Å². The average molecular weight is 358 g/mol. The molecule has 0 aliphatic carbocycles. The number of nitriles is 1. The van der Waals surface area contributed by atoms with E-state index < -0.39 is 0 Å². The number of fused-ring (bicyclic) bond motifs is 1. The van der Waals surface area contributed by atoms with Crippen molar-refractivity contribution in [2.24, 2.45) is 0 Å². The number of rotatable bonds is 3. The molecule has 7 heteroatoms. The summed E-state index contributed by atoms with van der Waals surface area (Å²) in [6, 6.07) is 17.0. The molecule has 0 radical (unpaired) electrons. The van der Waals surface area contributed by atoms with Crippen molar-refractivity contribution < 1.29 is 4.79 Å². The van der Waals surface area contributed by atoms with Crippen molar-refractivity contribution in [2.45, 2.75) is 12.7 Å². The van der Waals surface area contributed by atoms with Crippen LogP contribution in [0.5, 0.6) is 0 Å². The molecule has 0 bridgehead atoms. The van der Waals surface area contributed by atoms with Crippen molar-refractivity contribution in [2.75, 3.05) is 19.0 Å². The number of hydrogen-bond acceptors (Lipinski definition) is 5. The molecule has 1 aliphatic heterocycles. The maximum absolute atomic E-state index is 12.7. The molecule has 134 valence electrons. The number of benzene rings is 2. The summed E-state index contributed by atoms with van der Waals surface area (Å²) in [6.45, 7) is 0.545. The van der Waals surface area contributed by atoms with Crippen LogP contribution in [0.3, 0.4) is 0 Å². The molecule has 1 atom stereocenters. The maximum Gasteiger partial charge on any atom is 0.257 e. The summed E-state index contributed by atoms with van der Waals surface area (Å²) in [5.41, 5.74) is 3.92. The van der Waals surface area contributed by atoms with E-state index >= 15 is 0 Å². The lowest BCUT2D eigenvalue weighted by molar-refractivity contribution is 0.0707. The molecule has 0 N–H and O–H groups in total. The van der Waals surface area contributed by atoms with Gasteiger partial charge in [-0.3, -0.25) is 4.79 Å². The van der Waals surface area contributed by atoms with Gasteiger partial charge in [0.05, 0.1) is 35.6 Å². The first-order valence-corrected chi connectivity index (χ1v) is 8.56. The summed E-state index contributed by atoms with van der Waals surface area (Å²) < 4.78 is 1.74. The summed E-state index contributed by atoms with van der Waals surface area (Å²) in [4.78, 5) is 16.4. The molecular formula is C20H18N6O. The molecule has 0 saturated carbocycles. The Labute approximate surface area is 157 Å². The Morgan fingerprint density at radius 1 is 1.07 bits per heavy atom. The Hall–Kier alpha value is -3.66. The third-order valence-corrected chi connectivity index (χ3v) is 4.82. The molecule has 2 heterocycles. The highest BCUT2D eigenvalue weighted by molar-refractivity contribution is 6.01. The Morgan fingerprint density at radius 2 is 1.81 bits per heavy atom. The highest BCUT2D eigenvalue weighted by Gasteiger charge is 2.35. The molecule has 0 saturated heterocycles. The van der Waals surface area contributed by atoms with Gasteiger partial charge in [-0.05, 0) is 29.8 Å². The summed E-state index contributed by atoms with van der Waals surface area (Å²) in [6.07, 6.45) is 1.54. The lowest BCUT2D eigenvalue weighted by atomic mass is 10.1. The van der Waals surface area contributed by atoms with Gasteiger partial charge < -0.3 is 9.80 Å². The largest absolute Gasteiger partial charge is 0.348 e. The van der Waals surface area contributed by atoms with Gasteiger partial charge >= 0.3 is 0 Å². The standard InChI is InChI=1S/C20H18N6O/c1-24-18-6-4-3-5-16(18)20(27)25(2)19(24)17-13-26(23-22-17)12-15-9-7-14(11-21)8-10-15/h3-10,13,19H,12H2,1-2H3/t19-/m0/s1. The number of carbonyl (C=O) groups excluding carboxylic acids is 1. The van der Waals surface area contributed by atoms with Crippen LogP contribution in [-0.2, 0) is 6.54 Å². The van der Waals surface area contributed by atoms with Crippen molar-refractivity contribution >= 4 is 11.6 Å². The number of aromatic nitrogens is 3. The van der Waals surface area contributed by atoms with E-state index in [0.717, 1.165) is 11.3 Å². The Kier molecular flexibility index (Phi) is 4.09. The quantitative estimate of drug-likeness (QED) is 0.718. The number of carbonyl (C=O) groups is 1. The molecule has 2 aromatic carbocycles. The zero-order valence-corrected chi connectivity index (χ0v) is 15.1. The van der Waals surface area contributed by atoms with Gasteiger partial charge in [-0.25, -0.2) is 4.68 Å².